The van der Waals surface area contributed by atoms with Gasteiger partial charge >= 0.3 is 0 Å². The molecule has 0 aromatic heterocycles. The van der Waals surface area contributed by atoms with Gasteiger partial charge in [-0.25, -0.2) is 8.78 Å². The van der Waals surface area contributed by atoms with Crippen LogP contribution in [-0.2, 0) is 6.54 Å². The second kappa shape index (κ2) is 14.8. The first-order chi connectivity index (χ1) is 16.8. The first kappa shape index (κ1) is 28.8. The summed E-state index contributed by atoms with van der Waals surface area (Å²) in [5, 5.41) is 0. The maximum Gasteiger partial charge on any atom is 0.126 e. The van der Waals surface area contributed by atoms with Crippen molar-refractivity contribution in [2.75, 3.05) is 13.6 Å². The van der Waals surface area contributed by atoms with Crippen LogP contribution in [0, 0.1) is 11.7 Å². The lowest BCUT2D eigenvalue weighted by Gasteiger charge is -2.21. The minimum atomic E-state index is -0.216. The summed E-state index contributed by atoms with van der Waals surface area (Å²) in [6.45, 7) is 9.71. The third-order valence-corrected chi connectivity index (χ3v) is 6.52. The summed E-state index contributed by atoms with van der Waals surface area (Å²) in [5.41, 5.74) is 11.9. The highest BCUT2D eigenvalue weighted by Gasteiger charge is 2.25. The van der Waals surface area contributed by atoms with E-state index >= 15 is 0 Å². The molecule has 1 aromatic carbocycles. The van der Waals surface area contributed by atoms with Crippen LogP contribution in [0.1, 0.15) is 78.2 Å². The van der Waals surface area contributed by atoms with Crippen LogP contribution in [0.5, 0.6) is 0 Å². The highest BCUT2D eigenvalue weighted by Crippen LogP contribution is 2.40. The maximum absolute atomic E-state index is 14.9. The van der Waals surface area contributed by atoms with Crippen LogP contribution in [0.3, 0.4) is 0 Å². The molecule has 2 nitrogen and oxygen atoms in total. The van der Waals surface area contributed by atoms with Gasteiger partial charge < -0.3 is 10.6 Å². The first-order valence-electron chi connectivity index (χ1n) is 13.1. The predicted octanol–water partition coefficient (Wildman–Crippen LogP) is 8.54. The lowest BCUT2D eigenvalue weighted by Crippen LogP contribution is -2.17. The molecule has 0 bridgehead atoms. The Kier molecular flexibility index (Phi) is 12.2. The van der Waals surface area contributed by atoms with Crippen LogP contribution in [0.25, 0.3) is 0 Å². The molecule has 2 aliphatic rings. The van der Waals surface area contributed by atoms with E-state index in [1.165, 1.54) is 61.1 Å². The topological polar surface area (TPSA) is 29.3 Å². The Labute approximate surface area is 212 Å². The van der Waals surface area contributed by atoms with Crippen molar-refractivity contribution in [2.45, 2.75) is 79.2 Å². The van der Waals surface area contributed by atoms with Crippen molar-refractivity contribution >= 4 is 0 Å². The van der Waals surface area contributed by atoms with Crippen molar-refractivity contribution < 1.29 is 8.78 Å². The SMILES string of the molecule is C\C=C(F)/C(=C\C(=C\CC)C1CC1)C(/C=C1/CCCCCN1C)=C(C)C.NCc1ccc(F)cc1. The van der Waals surface area contributed by atoms with Gasteiger partial charge in [0.05, 0.1) is 0 Å². The van der Waals surface area contributed by atoms with E-state index in [-0.39, 0.29) is 11.6 Å². The van der Waals surface area contributed by atoms with Gasteiger partial charge in [-0.15, -0.1) is 0 Å². The fourth-order valence-electron chi connectivity index (χ4n) is 4.22. The predicted molar refractivity (Wildman–Crippen MR) is 146 cm³/mol. The highest BCUT2D eigenvalue weighted by molar-refractivity contribution is 5.55. The van der Waals surface area contributed by atoms with Gasteiger partial charge in [0.2, 0.25) is 0 Å². The number of nitrogens with two attached hydrogens (primary N) is 1. The van der Waals surface area contributed by atoms with Gasteiger partial charge in [0.25, 0.3) is 0 Å². The molecule has 2 fully saturated rings. The normalized spacial score (nSPS) is 18.7. The number of likely N-dealkylation sites (tertiary alicyclic amines) is 1. The van der Waals surface area contributed by atoms with Crippen LogP contribution < -0.4 is 5.73 Å². The molecule has 2 N–H and O–H groups in total. The van der Waals surface area contributed by atoms with Crippen molar-refractivity contribution in [3.8, 4) is 0 Å². The first-order valence-corrected chi connectivity index (χ1v) is 13.1. The smallest absolute Gasteiger partial charge is 0.126 e. The molecule has 0 unspecified atom stereocenters. The Morgan fingerprint density at radius 1 is 1.11 bits per heavy atom. The molecule has 4 heteroatoms. The zero-order valence-corrected chi connectivity index (χ0v) is 22.3. The highest BCUT2D eigenvalue weighted by atomic mass is 19.1. The number of hydrogen-bond acceptors (Lipinski definition) is 2. The number of halogens is 2. The zero-order valence-electron chi connectivity index (χ0n) is 22.3. The standard InChI is InChI=1S/C24H36FN.C7H8FN/c1-6-11-20(19-13-14-19)16-23(24(25)7-2)22(18(3)4)17-21-12-9-8-10-15-26(21)5;8-7-3-1-6(5-9)2-4-7/h7,11,16-17,19H,6,8-10,12-15H2,1-5H3;1-4H,5,9H2/b20-11-,21-17-,23-16-,24-7+;. The third kappa shape index (κ3) is 9.60. The summed E-state index contributed by atoms with van der Waals surface area (Å²) >= 11 is 0. The van der Waals surface area contributed by atoms with Gasteiger partial charge in [-0.05, 0) is 106 Å². The summed E-state index contributed by atoms with van der Waals surface area (Å²) in [6.07, 6.45) is 16.5. The van der Waals surface area contributed by atoms with E-state index in [1.807, 2.05) is 0 Å². The van der Waals surface area contributed by atoms with Crippen LogP contribution in [-0.4, -0.2) is 18.5 Å². The summed E-state index contributed by atoms with van der Waals surface area (Å²) in [7, 11) is 2.17. The van der Waals surface area contributed by atoms with Crippen LogP contribution in [0.2, 0.25) is 0 Å². The summed E-state index contributed by atoms with van der Waals surface area (Å²) in [6, 6.07) is 6.16. The Balaban J connectivity index is 0.000000402. The summed E-state index contributed by atoms with van der Waals surface area (Å²) in [5.74, 6) is 0.297. The molecule has 1 heterocycles. The van der Waals surface area contributed by atoms with E-state index in [0.29, 0.717) is 12.5 Å². The molecule has 3 rings (SSSR count). The van der Waals surface area contributed by atoms with E-state index in [9.17, 15) is 8.78 Å². The van der Waals surface area contributed by atoms with Gasteiger partial charge in [-0.3, -0.25) is 0 Å². The summed E-state index contributed by atoms with van der Waals surface area (Å²) < 4.78 is 27.1. The number of hydrogen-bond donors (Lipinski definition) is 1. The van der Waals surface area contributed by atoms with Crippen molar-refractivity contribution in [1.29, 1.82) is 0 Å². The molecule has 0 amide bonds. The van der Waals surface area contributed by atoms with E-state index in [0.717, 1.165) is 36.1 Å². The van der Waals surface area contributed by atoms with E-state index in [2.05, 4.69) is 50.9 Å². The quantitative estimate of drug-likeness (QED) is 0.395. The molecular weight excluding hydrogens is 438 g/mol. The lowest BCUT2D eigenvalue weighted by molar-refractivity contribution is 0.417. The molecule has 1 aliphatic heterocycles. The molecule has 1 aromatic rings. The van der Waals surface area contributed by atoms with Crippen LogP contribution >= 0.6 is 0 Å². The molecule has 1 saturated carbocycles. The fourth-order valence-corrected chi connectivity index (χ4v) is 4.22. The molecule has 0 radical (unpaired) electrons. The van der Waals surface area contributed by atoms with Crippen molar-refractivity contribution in [1.82, 2.24) is 4.90 Å². The Morgan fingerprint density at radius 2 is 1.80 bits per heavy atom. The third-order valence-electron chi connectivity index (χ3n) is 6.52. The second-order valence-corrected chi connectivity index (χ2v) is 9.69. The average Bonchev–Trinajstić information content (AvgIpc) is 3.70. The van der Waals surface area contributed by atoms with Gasteiger partial charge in [0, 0.05) is 31.4 Å². The second-order valence-electron chi connectivity index (χ2n) is 9.69. The number of nitrogens with zero attached hydrogens (tertiary/aromatic N) is 1. The van der Waals surface area contributed by atoms with Gasteiger partial charge in [0.15, 0.2) is 0 Å². The number of benzene rings is 1. The molecule has 1 aliphatic carbocycles. The van der Waals surface area contributed by atoms with Crippen molar-refractivity contribution in [3.05, 3.63) is 93.8 Å². The Morgan fingerprint density at radius 3 is 2.34 bits per heavy atom. The van der Waals surface area contributed by atoms with Crippen LogP contribution in [0.15, 0.2) is 82.4 Å². The number of allylic oxidation sites excluding steroid dienone is 10. The van der Waals surface area contributed by atoms with E-state index in [1.54, 1.807) is 25.1 Å². The van der Waals surface area contributed by atoms with E-state index in [4.69, 9.17) is 5.73 Å². The van der Waals surface area contributed by atoms with Gasteiger partial charge in [-0.2, -0.15) is 0 Å². The van der Waals surface area contributed by atoms with E-state index < -0.39 is 0 Å². The molecule has 0 atom stereocenters. The Bertz CT molecular complexity index is 956. The summed E-state index contributed by atoms with van der Waals surface area (Å²) in [4.78, 5) is 2.35. The van der Waals surface area contributed by atoms with Crippen LogP contribution in [0.4, 0.5) is 8.78 Å². The monoisotopic (exact) mass is 482 g/mol. The Hall–Kier alpha value is -2.46. The average molecular weight is 483 g/mol. The molecule has 1 saturated heterocycles. The molecular formula is C31H44F2N2. The molecule has 0 spiro atoms. The largest absolute Gasteiger partial charge is 0.378 e. The molecule has 192 valence electrons. The fraction of sp³-hybridized carbons (Fsp3) is 0.484. The lowest BCUT2D eigenvalue weighted by atomic mass is 9.94. The number of rotatable bonds is 7. The van der Waals surface area contributed by atoms with Crippen molar-refractivity contribution in [2.24, 2.45) is 11.7 Å². The zero-order chi connectivity index (χ0) is 25.8. The minimum Gasteiger partial charge on any atom is -0.378 e. The van der Waals surface area contributed by atoms with Gasteiger partial charge in [-0.1, -0.05) is 43.2 Å². The van der Waals surface area contributed by atoms with Gasteiger partial charge in [0.1, 0.15) is 11.6 Å². The minimum absolute atomic E-state index is 0.114. The van der Waals surface area contributed by atoms with Crippen molar-refractivity contribution in [3.63, 3.8) is 0 Å². The maximum atomic E-state index is 14.9. The molecule has 35 heavy (non-hydrogen) atoms.